The van der Waals surface area contributed by atoms with Gasteiger partial charge in [0.1, 0.15) is 11.8 Å². The molecule has 1 atom stereocenters. The third-order valence-corrected chi connectivity index (χ3v) is 3.97. The van der Waals surface area contributed by atoms with E-state index in [1.54, 1.807) is 6.07 Å². The third-order valence-electron chi connectivity index (χ3n) is 3.97. The summed E-state index contributed by atoms with van der Waals surface area (Å²) in [7, 11) is 1.26. The van der Waals surface area contributed by atoms with Crippen LogP contribution in [-0.2, 0) is 23.9 Å². The van der Waals surface area contributed by atoms with Crippen molar-refractivity contribution in [1.82, 2.24) is 5.32 Å². The minimum Gasteiger partial charge on any atom is -0.482 e. The van der Waals surface area contributed by atoms with Gasteiger partial charge in [-0.3, -0.25) is 4.79 Å². The Kier molecular flexibility index (Phi) is 7.80. The number of hydrogen-bond acceptors (Lipinski definition) is 6. The van der Waals surface area contributed by atoms with Crippen LogP contribution in [0.25, 0.3) is 10.8 Å². The van der Waals surface area contributed by atoms with Gasteiger partial charge in [-0.2, -0.15) is 0 Å². The van der Waals surface area contributed by atoms with Gasteiger partial charge in [0.2, 0.25) is 0 Å². The molecule has 2 aromatic rings. The lowest BCUT2D eigenvalue weighted by Gasteiger charge is -2.18. The SMILES string of the molecule is COC(=O)[C@H](CC(C)C)NC(=O)COC(=O)COc1ccc2ccccc2c1. The van der Waals surface area contributed by atoms with Crippen molar-refractivity contribution in [2.75, 3.05) is 20.3 Å². The Morgan fingerprint density at radius 2 is 1.71 bits per heavy atom. The predicted molar refractivity (Wildman–Crippen MR) is 104 cm³/mol. The smallest absolute Gasteiger partial charge is 0.344 e. The zero-order valence-corrected chi connectivity index (χ0v) is 16.3. The number of carbonyl (C=O) groups excluding carboxylic acids is 3. The average Bonchev–Trinajstić information content (AvgIpc) is 2.69. The van der Waals surface area contributed by atoms with Crippen LogP contribution < -0.4 is 10.1 Å². The highest BCUT2D eigenvalue weighted by Gasteiger charge is 2.23. The van der Waals surface area contributed by atoms with Crippen LogP contribution in [0.1, 0.15) is 20.3 Å². The number of rotatable bonds is 9. The summed E-state index contributed by atoms with van der Waals surface area (Å²) in [5.74, 6) is -1.07. The van der Waals surface area contributed by atoms with Crippen molar-refractivity contribution in [2.24, 2.45) is 5.92 Å². The fraction of sp³-hybridized carbons (Fsp3) is 0.381. The molecule has 7 nitrogen and oxygen atoms in total. The van der Waals surface area contributed by atoms with E-state index in [0.29, 0.717) is 12.2 Å². The molecule has 0 heterocycles. The molecule has 0 radical (unpaired) electrons. The summed E-state index contributed by atoms with van der Waals surface area (Å²) in [6.07, 6.45) is 0.428. The summed E-state index contributed by atoms with van der Waals surface area (Å²) in [4.78, 5) is 35.5. The fourth-order valence-corrected chi connectivity index (χ4v) is 2.65. The first-order chi connectivity index (χ1) is 13.4. The first-order valence-electron chi connectivity index (χ1n) is 9.03. The van der Waals surface area contributed by atoms with Crippen molar-refractivity contribution in [3.8, 4) is 5.75 Å². The lowest BCUT2D eigenvalue weighted by atomic mass is 10.0. The maximum absolute atomic E-state index is 11.9. The Bertz CT molecular complexity index is 833. The highest BCUT2D eigenvalue weighted by Crippen LogP contribution is 2.20. The molecule has 0 saturated heterocycles. The molecular formula is C21H25NO6. The summed E-state index contributed by atoms with van der Waals surface area (Å²) >= 11 is 0. The standard InChI is InChI=1S/C21H25NO6/c1-14(2)10-18(21(25)26-3)22-19(23)12-28-20(24)13-27-17-9-8-15-6-4-5-7-16(15)11-17/h4-9,11,14,18H,10,12-13H2,1-3H3,(H,22,23)/t18-/m0/s1. The predicted octanol–water partition coefficient (Wildman–Crippen LogP) is 2.47. The molecule has 7 heteroatoms. The summed E-state index contributed by atoms with van der Waals surface area (Å²) in [5, 5.41) is 4.57. The number of nitrogens with one attached hydrogen (secondary N) is 1. The topological polar surface area (TPSA) is 90.9 Å². The molecule has 2 aromatic carbocycles. The number of methoxy groups -OCH3 is 1. The van der Waals surface area contributed by atoms with E-state index in [1.807, 2.05) is 50.2 Å². The highest BCUT2D eigenvalue weighted by molar-refractivity contribution is 5.86. The van der Waals surface area contributed by atoms with Crippen molar-refractivity contribution in [1.29, 1.82) is 0 Å². The van der Waals surface area contributed by atoms with Crippen LogP contribution in [-0.4, -0.2) is 44.2 Å². The van der Waals surface area contributed by atoms with Crippen LogP contribution in [0.15, 0.2) is 42.5 Å². The molecule has 0 spiro atoms. The van der Waals surface area contributed by atoms with Gasteiger partial charge in [0.25, 0.3) is 5.91 Å². The molecule has 0 aliphatic carbocycles. The van der Waals surface area contributed by atoms with Gasteiger partial charge in [0.15, 0.2) is 13.2 Å². The number of benzene rings is 2. The zero-order chi connectivity index (χ0) is 20.5. The van der Waals surface area contributed by atoms with Crippen LogP contribution in [0.3, 0.4) is 0 Å². The Balaban J connectivity index is 1.78. The molecule has 2 rings (SSSR count). The molecule has 28 heavy (non-hydrogen) atoms. The summed E-state index contributed by atoms with van der Waals surface area (Å²) in [6.45, 7) is 3.03. The van der Waals surface area contributed by atoms with Gasteiger partial charge in [-0.25, -0.2) is 9.59 Å². The van der Waals surface area contributed by atoms with Crippen LogP contribution in [0, 0.1) is 5.92 Å². The molecule has 1 N–H and O–H groups in total. The maximum Gasteiger partial charge on any atom is 0.344 e. The Hall–Kier alpha value is -3.09. The first kappa shape index (κ1) is 21.2. The molecule has 0 aromatic heterocycles. The Labute approximate surface area is 164 Å². The van der Waals surface area contributed by atoms with E-state index < -0.39 is 30.5 Å². The second kappa shape index (κ2) is 10.3. The summed E-state index contributed by atoms with van der Waals surface area (Å²) in [5.41, 5.74) is 0. The lowest BCUT2D eigenvalue weighted by Crippen LogP contribution is -2.44. The molecule has 0 aliphatic heterocycles. The normalized spacial score (nSPS) is 11.7. The van der Waals surface area contributed by atoms with Gasteiger partial charge in [-0.1, -0.05) is 44.2 Å². The third kappa shape index (κ3) is 6.57. The molecule has 0 saturated carbocycles. The number of fused-ring (bicyclic) bond motifs is 1. The monoisotopic (exact) mass is 387 g/mol. The van der Waals surface area contributed by atoms with E-state index in [9.17, 15) is 14.4 Å². The number of esters is 2. The number of hydrogen-bond donors (Lipinski definition) is 1. The van der Waals surface area contributed by atoms with Crippen molar-refractivity contribution in [2.45, 2.75) is 26.3 Å². The van der Waals surface area contributed by atoms with E-state index in [0.717, 1.165) is 10.8 Å². The van der Waals surface area contributed by atoms with Crippen molar-refractivity contribution in [3.05, 3.63) is 42.5 Å². The molecule has 0 fully saturated rings. The minimum absolute atomic E-state index is 0.183. The van der Waals surface area contributed by atoms with Crippen molar-refractivity contribution in [3.63, 3.8) is 0 Å². The van der Waals surface area contributed by atoms with E-state index >= 15 is 0 Å². The Morgan fingerprint density at radius 3 is 2.39 bits per heavy atom. The van der Waals surface area contributed by atoms with Gasteiger partial charge in [0.05, 0.1) is 7.11 Å². The zero-order valence-electron chi connectivity index (χ0n) is 16.3. The van der Waals surface area contributed by atoms with Crippen LogP contribution >= 0.6 is 0 Å². The quantitative estimate of drug-likeness (QED) is 0.665. The summed E-state index contributed by atoms with van der Waals surface area (Å²) in [6, 6.07) is 12.5. The molecule has 150 valence electrons. The summed E-state index contributed by atoms with van der Waals surface area (Å²) < 4.78 is 15.0. The van der Waals surface area contributed by atoms with Gasteiger partial charge in [-0.05, 0) is 35.2 Å². The number of carbonyl (C=O) groups is 3. The van der Waals surface area contributed by atoms with E-state index in [2.05, 4.69) is 10.1 Å². The largest absolute Gasteiger partial charge is 0.482 e. The number of amides is 1. The van der Waals surface area contributed by atoms with Crippen molar-refractivity contribution < 1.29 is 28.6 Å². The first-order valence-corrected chi connectivity index (χ1v) is 9.03. The van der Waals surface area contributed by atoms with Gasteiger partial charge in [0, 0.05) is 0 Å². The molecule has 0 aliphatic rings. The van der Waals surface area contributed by atoms with Gasteiger partial charge >= 0.3 is 11.9 Å². The van der Waals surface area contributed by atoms with Gasteiger partial charge in [-0.15, -0.1) is 0 Å². The maximum atomic E-state index is 11.9. The van der Waals surface area contributed by atoms with Crippen LogP contribution in [0.5, 0.6) is 5.75 Å². The lowest BCUT2D eigenvalue weighted by molar-refractivity contribution is -0.151. The highest BCUT2D eigenvalue weighted by atomic mass is 16.6. The molecule has 0 bridgehead atoms. The second-order valence-electron chi connectivity index (χ2n) is 6.73. The van der Waals surface area contributed by atoms with Crippen molar-refractivity contribution >= 4 is 28.6 Å². The Morgan fingerprint density at radius 1 is 1.00 bits per heavy atom. The molecular weight excluding hydrogens is 362 g/mol. The van der Waals surface area contributed by atoms with E-state index in [-0.39, 0.29) is 12.5 Å². The number of ether oxygens (including phenoxy) is 3. The minimum atomic E-state index is -0.773. The molecule has 0 unspecified atom stereocenters. The van der Waals surface area contributed by atoms with Gasteiger partial charge < -0.3 is 19.5 Å². The van der Waals surface area contributed by atoms with Crippen LogP contribution in [0.2, 0.25) is 0 Å². The van der Waals surface area contributed by atoms with Crippen LogP contribution in [0.4, 0.5) is 0 Å². The molecule has 1 amide bonds. The fourth-order valence-electron chi connectivity index (χ4n) is 2.65. The van der Waals surface area contributed by atoms with E-state index in [1.165, 1.54) is 7.11 Å². The second-order valence-corrected chi connectivity index (χ2v) is 6.73. The average molecular weight is 387 g/mol. The van der Waals surface area contributed by atoms with E-state index in [4.69, 9.17) is 9.47 Å².